The lowest BCUT2D eigenvalue weighted by atomic mass is 9.41. The summed E-state index contributed by atoms with van der Waals surface area (Å²) in [6, 6.07) is 8.59. The van der Waals surface area contributed by atoms with E-state index < -0.39 is 0 Å². The molecule has 0 amide bonds. The lowest BCUT2D eigenvalue weighted by molar-refractivity contribution is -0.145. The minimum Gasteiger partial charge on any atom is -0.298 e. The summed E-state index contributed by atoms with van der Waals surface area (Å²) < 4.78 is 0. The van der Waals surface area contributed by atoms with Crippen LogP contribution in [-0.4, -0.2) is 5.78 Å². The van der Waals surface area contributed by atoms with Gasteiger partial charge in [-0.3, -0.25) is 4.79 Å². The Hall–Kier alpha value is -1.11. The Bertz CT molecular complexity index is 476. The molecule has 4 unspecified atom stereocenters. The normalized spacial score (nSPS) is 44.9. The molecule has 5 aliphatic carbocycles. The van der Waals surface area contributed by atoms with Crippen molar-refractivity contribution in [1.82, 2.24) is 0 Å². The van der Waals surface area contributed by atoms with Crippen molar-refractivity contribution in [3.05, 3.63) is 35.4 Å². The summed E-state index contributed by atoms with van der Waals surface area (Å²) in [5.74, 6) is 2.26. The fourth-order valence-electron chi connectivity index (χ4n) is 4.27. The van der Waals surface area contributed by atoms with E-state index in [1.165, 1.54) is 11.1 Å². The van der Waals surface area contributed by atoms with Crippen LogP contribution in [0.2, 0.25) is 0 Å². The lowest BCUT2D eigenvalue weighted by Crippen LogP contribution is -2.60. The van der Waals surface area contributed by atoms with Crippen molar-refractivity contribution in [3.8, 4) is 0 Å². The first kappa shape index (κ1) is 8.09. The van der Waals surface area contributed by atoms with Crippen molar-refractivity contribution in [2.24, 2.45) is 11.8 Å². The highest BCUT2D eigenvalue weighted by molar-refractivity contribution is 5.97. The van der Waals surface area contributed by atoms with Gasteiger partial charge in [0.1, 0.15) is 5.78 Å². The summed E-state index contributed by atoms with van der Waals surface area (Å²) in [4.78, 5) is 12.3. The minimum absolute atomic E-state index is 0.140. The molecule has 0 radical (unpaired) electrons. The highest BCUT2D eigenvalue weighted by Gasteiger charge is 2.63. The molecule has 76 valence electrons. The maximum Gasteiger partial charge on any atom is 0.146 e. The Morgan fingerprint density at radius 2 is 2.13 bits per heavy atom. The molecule has 6 rings (SSSR count). The molecule has 0 N–H and O–H groups in total. The second kappa shape index (κ2) is 2.18. The molecule has 3 fully saturated rings. The second-order valence-electron chi connectivity index (χ2n) is 5.62. The first-order chi connectivity index (χ1) is 7.22. The number of carbonyl (C=O) groups is 1. The zero-order valence-electron chi connectivity index (χ0n) is 8.86. The zero-order chi connectivity index (χ0) is 10.2. The van der Waals surface area contributed by atoms with Gasteiger partial charge in [-0.05, 0) is 42.7 Å². The largest absolute Gasteiger partial charge is 0.298 e. The summed E-state index contributed by atoms with van der Waals surface area (Å²) in [6.07, 6.45) is 2.26. The van der Waals surface area contributed by atoms with Crippen molar-refractivity contribution in [1.29, 1.82) is 0 Å². The molecule has 0 heterocycles. The van der Waals surface area contributed by atoms with Gasteiger partial charge in [-0.1, -0.05) is 24.3 Å². The fourth-order valence-corrected chi connectivity index (χ4v) is 4.27. The van der Waals surface area contributed by atoms with Crippen molar-refractivity contribution >= 4 is 5.78 Å². The van der Waals surface area contributed by atoms with Crippen LogP contribution in [0.5, 0.6) is 0 Å². The average molecular weight is 198 g/mol. The smallest absolute Gasteiger partial charge is 0.146 e. The molecule has 1 nitrogen and oxygen atoms in total. The number of hydrogen-bond donors (Lipinski definition) is 0. The molecule has 5 aliphatic rings. The Labute approximate surface area is 89.5 Å². The SMILES string of the molecule is CC12CC3CC(C1=O)C3c1ccccc12. The van der Waals surface area contributed by atoms with Crippen LogP contribution >= 0.6 is 0 Å². The predicted molar refractivity (Wildman–Crippen MR) is 57.8 cm³/mol. The molecular weight excluding hydrogens is 184 g/mol. The van der Waals surface area contributed by atoms with E-state index in [0.29, 0.717) is 17.6 Å². The molecule has 0 spiro atoms. The molecule has 4 bridgehead atoms. The summed E-state index contributed by atoms with van der Waals surface area (Å²) >= 11 is 0. The van der Waals surface area contributed by atoms with E-state index in [9.17, 15) is 4.79 Å². The van der Waals surface area contributed by atoms with Gasteiger partial charge < -0.3 is 0 Å². The summed E-state index contributed by atoms with van der Waals surface area (Å²) in [5, 5.41) is 0. The summed E-state index contributed by atoms with van der Waals surface area (Å²) in [6.45, 7) is 2.16. The van der Waals surface area contributed by atoms with Crippen LogP contribution in [0.1, 0.15) is 36.8 Å². The maximum absolute atomic E-state index is 12.3. The van der Waals surface area contributed by atoms with E-state index in [4.69, 9.17) is 0 Å². The Morgan fingerprint density at radius 1 is 1.33 bits per heavy atom. The van der Waals surface area contributed by atoms with Crippen LogP contribution in [0.4, 0.5) is 0 Å². The van der Waals surface area contributed by atoms with Gasteiger partial charge in [-0.2, -0.15) is 0 Å². The van der Waals surface area contributed by atoms with E-state index in [2.05, 4.69) is 31.2 Å². The summed E-state index contributed by atoms with van der Waals surface area (Å²) in [7, 11) is 0. The molecule has 1 aromatic rings. The van der Waals surface area contributed by atoms with Crippen molar-refractivity contribution in [2.75, 3.05) is 0 Å². The van der Waals surface area contributed by atoms with E-state index in [-0.39, 0.29) is 5.41 Å². The summed E-state index contributed by atoms with van der Waals surface area (Å²) in [5.41, 5.74) is 2.66. The molecule has 1 aromatic carbocycles. The second-order valence-corrected chi connectivity index (χ2v) is 5.62. The van der Waals surface area contributed by atoms with Gasteiger partial charge in [0.05, 0.1) is 5.41 Å². The van der Waals surface area contributed by atoms with Gasteiger partial charge in [0.15, 0.2) is 0 Å². The number of hydrogen-bond acceptors (Lipinski definition) is 1. The van der Waals surface area contributed by atoms with Crippen molar-refractivity contribution in [3.63, 3.8) is 0 Å². The van der Waals surface area contributed by atoms with E-state index in [0.717, 1.165) is 18.8 Å². The first-order valence-electron chi connectivity index (χ1n) is 5.85. The monoisotopic (exact) mass is 198 g/mol. The Balaban J connectivity index is 2.05. The van der Waals surface area contributed by atoms with Crippen LogP contribution in [-0.2, 0) is 10.2 Å². The van der Waals surface area contributed by atoms with Gasteiger partial charge in [0, 0.05) is 5.92 Å². The van der Waals surface area contributed by atoms with Crippen molar-refractivity contribution < 1.29 is 4.79 Å². The van der Waals surface area contributed by atoms with Crippen LogP contribution in [0, 0.1) is 11.8 Å². The first-order valence-corrected chi connectivity index (χ1v) is 5.85. The molecule has 15 heavy (non-hydrogen) atoms. The third kappa shape index (κ3) is 0.695. The van der Waals surface area contributed by atoms with Gasteiger partial charge in [-0.15, -0.1) is 0 Å². The topological polar surface area (TPSA) is 17.1 Å². The third-order valence-corrected chi connectivity index (χ3v) is 4.96. The van der Waals surface area contributed by atoms with Crippen LogP contribution in [0.15, 0.2) is 24.3 Å². The van der Waals surface area contributed by atoms with Crippen LogP contribution in [0.25, 0.3) is 0 Å². The minimum atomic E-state index is -0.140. The van der Waals surface area contributed by atoms with Gasteiger partial charge >= 0.3 is 0 Å². The molecule has 0 aliphatic heterocycles. The molecule has 0 saturated heterocycles. The molecule has 1 heteroatoms. The molecule has 0 aromatic heterocycles. The van der Waals surface area contributed by atoms with Crippen molar-refractivity contribution in [2.45, 2.75) is 31.1 Å². The number of ketones is 1. The van der Waals surface area contributed by atoms with E-state index in [1.807, 2.05) is 0 Å². The fraction of sp³-hybridized carbons (Fsp3) is 0.500. The quantitative estimate of drug-likeness (QED) is 0.626. The Morgan fingerprint density at radius 3 is 2.93 bits per heavy atom. The standard InChI is InChI=1S/C14H14O/c1-14-7-8-6-10(13(14)15)12(8)9-4-2-3-5-11(9)14/h2-5,8,10,12H,6-7H2,1H3. The zero-order valence-corrected chi connectivity index (χ0v) is 8.86. The van der Waals surface area contributed by atoms with E-state index in [1.54, 1.807) is 0 Å². The molecular formula is C14H14O. The number of benzene rings is 1. The van der Waals surface area contributed by atoms with Gasteiger partial charge in [0.2, 0.25) is 0 Å². The predicted octanol–water partition coefficient (Wildman–Crippen LogP) is 2.65. The number of rotatable bonds is 0. The highest BCUT2D eigenvalue weighted by atomic mass is 16.1. The van der Waals surface area contributed by atoms with Crippen LogP contribution in [0.3, 0.4) is 0 Å². The molecule has 4 atom stereocenters. The third-order valence-electron chi connectivity index (χ3n) is 4.96. The number of Topliss-reactive ketones (excluding diaryl/α,β-unsaturated/α-hetero) is 1. The maximum atomic E-state index is 12.3. The Kier molecular flexibility index (Phi) is 1.18. The van der Waals surface area contributed by atoms with Gasteiger partial charge in [0.25, 0.3) is 0 Å². The average Bonchev–Trinajstić information content (AvgIpc) is 2.20. The number of carbonyl (C=O) groups excluding carboxylic acids is 1. The highest BCUT2D eigenvalue weighted by Crippen LogP contribution is 2.65. The molecule has 3 saturated carbocycles. The van der Waals surface area contributed by atoms with Gasteiger partial charge in [-0.25, -0.2) is 0 Å². The van der Waals surface area contributed by atoms with Crippen LogP contribution < -0.4 is 0 Å². The lowest BCUT2D eigenvalue weighted by Gasteiger charge is -2.60. The van der Waals surface area contributed by atoms with E-state index >= 15 is 0 Å².